The van der Waals surface area contributed by atoms with Crippen molar-refractivity contribution >= 4 is 11.9 Å². The van der Waals surface area contributed by atoms with Crippen molar-refractivity contribution in [3.05, 3.63) is 53.9 Å². The molecule has 0 aliphatic heterocycles. The van der Waals surface area contributed by atoms with Gasteiger partial charge >= 0.3 is 5.97 Å². The minimum atomic E-state index is -0.863. The highest BCUT2D eigenvalue weighted by Crippen LogP contribution is 2.05. The number of hydrogen-bond acceptors (Lipinski definition) is 3. The minimum absolute atomic E-state index is 0.0353. The van der Waals surface area contributed by atoms with Gasteiger partial charge in [0.1, 0.15) is 0 Å². The number of nitrogens with one attached hydrogen (secondary N) is 1. The number of nitrogens with zero attached hydrogens (tertiary/aromatic N) is 2. The summed E-state index contributed by atoms with van der Waals surface area (Å²) in [6.45, 7) is 2.71. The first-order chi connectivity index (χ1) is 10.5. The smallest absolute Gasteiger partial charge is 0.303 e. The van der Waals surface area contributed by atoms with Crippen LogP contribution in [0.25, 0.3) is 0 Å². The molecule has 0 aliphatic rings. The Morgan fingerprint density at radius 2 is 2.05 bits per heavy atom. The number of aliphatic carboxylic acids is 1. The molecular weight excluding hydrogens is 282 g/mol. The van der Waals surface area contributed by atoms with Crippen LogP contribution >= 0.6 is 0 Å². The van der Waals surface area contributed by atoms with Crippen molar-refractivity contribution in [3.8, 4) is 0 Å². The Hall–Kier alpha value is -2.63. The summed E-state index contributed by atoms with van der Waals surface area (Å²) in [6, 6.07) is 9.85. The summed E-state index contributed by atoms with van der Waals surface area (Å²) < 4.78 is 1.70. The topological polar surface area (TPSA) is 84.2 Å². The molecule has 1 heterocycles. The third-order valence-electron chi connectivity index (χ3n) is 3.22. The molecule has 1 amide bonds. The maximum absolute atomic E-state index is 12.0. The Morgan fingerprint density at radius 1 is 1.32 bits per heavy atom. The summed E-state index contributed by atoms with van der Waals surface area (Å²) in [7, 11) is 0. The molecule has 2 aromatic rings. The normalized spacial score (nSPS) is 11.9. The van der Waals surface area contributed by atoms with E-state index < -0.39 is 5.97 Å². The van der Waals surface area contributed by atoms with Gasteiger partial charge in [0.15, 0.2) is 0 Å². The van der Waals surface area contributed by atoms with E-state index in [2.05, 4.69) is 10.4 Å². The lowest BCUT2D eigenvalue weighted by Crippen LogP contribution is -2.29. The fourth-order valence-electron chi connectivity index (χ4n) is 2.08. The number of benzene rings is 1. The predicted octanol–water partition coefficient (Wildman–Crippen LogP) is 1.77. The highest BCUT2D eigenvalue weighted by atomic mass is 16.4. The van der Waals surface area contributed by atoms with Crippen molar-refractivity contribution in [2.24, 2.45) is 5.92 Å². The van der Waals surface area contributed by atoms with Crippen LogP contribution in [0.3, 0.4) is 0 Å². The second-order valence-electron chi connectivity index (χ2n) is 5.33. The van der Waals surface area contributed by atoms with E-state index >= 15 is 0 Å². The maximum Gasteiger partial charge on any atom is 0.303 e. The lowest BCUT2D eigenvalue weighted by molar-refractivity contribution is -0.137. The average molecular weight is 301 g/mol. The molecule has 1 aromatic heterocycles. The van der Waals surface area contributed by atoms with Crippen LogP contribution in [-0.4, -0.2) is 33.3 Å². The fourth-order valence-corrected chi connectivity index (χ4v) is 2.08. The van der Waals surface area contributed by atoms with E-state index in [1.807, 2.05) is 30.3 Å². The molecule has 2 N–H and O–H groups in total. The zero-order valence-electron chi connectivity index (χ0n) is 12.4. The number of aromatic nitrogens is 2. The molecule has 0 fully saturated rings. The number of carboxylic acid groups (broad SMARTS) is 1. The molecule has 1 atom stereocenters. The lowest BCUT2D eigenvalue weighted by Gasteiger charge is -2.09. The summed E-state index contributed by atoms with van der Waals surface area (Å²) >= 11 is 0. The zero-order valence-corrected chi connectivity index (χ0v) is 12.4. The summed E-state index contributed by atoms with van der Waals surface area (Å²) in [5.41, 5.74) is 1.58. The average Bonchev–Trinajstić information content (AvgIpc) is 2.94. The van der Waals surface area contributed by atoms with E-state index in [1.54, 1.807) is 17.8 Å². The third kappa shape index (κ3) is 4.73. The van der Waals surface area contributed by atoms with Crippen LogP contribution in [0.4, 0.5) is 0 Å². The van der Waals surface area contributed by atoms with Gasteiger partial charge < -0.3 is 10.4 Å². The number of carboxylic acids is 1. The van der Waals surface area contributed by atoms with Crippen molar-refractivity contribution < 1.29 is 14.7 Å². The van der Waals surface area contributed by atoms with Gasteiger partial charge in [-0.1, -0.05) is 37.3 Å². The molecule has 6 nitrogen and oxygen atoms in total. The SMILES string of the molecule is C[C@H](CNC(=O)c1cnn(Cc2ccccc2)c1)CC(=O)O. The highest BCUT2D eigenvalue weighted by Gasteiger charge is 2.12. The highest BCUT2D eigenvalue weighted by molar-refractivity contribution is 5.93. The van der Waals surface area contributed by atoms with Crippen molar-refractivity contribution in [1.29, 1.82) is 0 Å². The van der Waals surface area contributed by atoms with Crippen molar-refractivity contribution in [2.45, 2.75) is 19.9 Å². The van der Waals surface area contributed by atoms with Gasteiger partial charge in [-0.3, -0.25) is 14.3 Å². The van der Waals surface area contributed by atoms with Crippen molar-refractivity contribution in [1.82, 2.24) is 15.1 Å². The lowest BCUT2D eigenvalue weighted by atomic mass is 10.1. The summed E-state index contributed by atoms with van der Waals surface area (Å²) in [6.07, 6.45) is 3.23. The number of hydrogen-bond donors (Lipinski definition) is 2. The standard InChI is InChI=1S/C16H19N3O3/c1-12(7-15(20)21)8-17-16(22)14-9-18-19(11-14)10-13-5-3-2-4-6-13/h2-6,9,11-12H,7-8,10H2,1H3,(H,17,22)(H,20,21)/t12-/m0/s1. The van der Waals surface area contributed by atoms with Gasteiger partial charge in [0.25, 0.3) is 5.91 Å². The molecule has 0 radical (unpaired) electrons. The zero-order chi connectivity index (χ0) is 15.9. The second kappa shape index (κ2) is 7.40. The molecule has 0 unspecified atom stereocenters. The molecule has 6 heteroatoms. The van der Waals surface area contributed by atoms with E-state index in [0.717, 1.165) is 5.56 Å². The van der Waals surface area contributed by atoms with E-state index in [-0.39, 0.29) is 18.2 Å². The molecule has 116 valence electrons. The van der Waals surface area contributed by atoms with E-state index in [4.69, 9.17) is 5.11 Å². The largest absolute Gasteiger partial charge is 0.481 e. The Morgan fingerprint density at radius 3 is 2.73 bits per heavy atom. The van der Waals surface area contributed by atoms with Crippen LogP contribution in [-0.2, 0) is 11.3 Å². The Balaban J connectivity index is 1.88. The maximum atomic E-state index is 12.0. The number of rotatable bonds is 7. The van der Waals surface area contributed by atoms with E-state index in [1.165, 1.54) is 6.20 Å². The van der Waals surface area contributed by atoms with Gasteiger partial charge in [-0.25, -0.2) is 0 Å². The quantitative estimate of drug-likeness (QED) is 0.816. The van der Waals surface area contributed by atoms with Gasteiger partial charge in [0.05, 0.1) is 18.3 Å². The molecule has 0 saturated carbocycles. The van der Waals surface area contributed by atoms with Crippen LogP contribution in [0.2, 0.25) is 0 Å². The van der Waals surface area contributed by atoms with Gasteiger partial charge in [-0.05, 0) is 11.5 Å². The van der Waals surface area contributed by atoms with Crippen molar-refractivity contribution in [2.75, 3.05) is 6.54 Å². The monoisotopic (exact) mass is 301 g/mol. The first-order valence-electron chi connectivity index (χ1n) is 7.11. The molecule has 0 bridgehead atoms. The van der Waals surface area contributed by atoms with Crippen molar-refractivity contribution in [3.63, 3.8) is 0 Å². The number of carbonyl (C=O) groups excluding carboxylic acids is 1. The molecular formula is C16H19N3O3. The first kappa shape index (κ1) is 15.8. The van der Waals surface area contributed by atoms with Gasteiger partial charge in [-0.2, -0.15) is 5.10 Å². The summed E-state index contributed by atoms with van der Waals surface area (Å²) in [5, 5.41) is 15.6. The van der Waals surface area contributed by atoms with Crippen LogP contribution in [0.5, 0.6) is 0 Å². The first-order valence-corrected chi connectivity index (χ1v) is 7.11. The second-order valence-corrected chi connectivity index (χ2v) is 5.33. The molecule has 0 spiro atoms. The molecule has 0 saturated heterocycles. The third-order valence-corrected chi connectivity index (χ3v) is 3.22. The number of carbonyl (C=O) groups is 2. The predicted molar refractivity (Wildman–Crippen MR) is 81.5 cm³/mol. The molecule has 0 aliphatic carbocycles. The van der Waals surface area contributed by atoms with E-state index in [0.29, 0.717) is 18.7 Å². The van der Waals surface area contributed by atoms with Gasteiger partial charge in [0.2, 0.25) is 0 Å². The Kier molecular flexibility index (Phi) is 5.30. The molecule has 22 heavy (non-hydrogen) atoms. The molecule has 1 aromatic carbocycles. The summed E-state index contributed by atoms with van der Waals surface area (Å²) in [5.74, 6) is -1.21. The Bertz CT molecular complexity index is 637. The van der Waals surface area contributed by atoms with Gasteiger partial charge in [-0.15, -0.1) is 0 Å². The van der Waals surface area contributed by atoms with Crippen LogP contribution < -0.4 is 5.32 Å². The van der Waals surface area contributed by atoms with Crippen LogP contribution in [0.15, 0.2) is 42.7 Å². The minimum Gasteiger partial charge on any atom is -0.481 e. The van der Waals surface area contributed by atoms with E-state index in [9.17, 15) is 9.59 Å². The van der Waals surface area contributed by atoms with Crippen LogP contribution in [0, 0.1) is 5.92 Å². The molecule has 2 rings (SSSR count). The number of amides is 1. The van der Waals surface area contributed by atoms with Gasteiger partial charge in [0, 0.05) is 19.2 Å². The summed E-state index contributed by atoms with van der Waals surface area (Å²) in [4.78, 5) is 22.6. The fraction of sp³-hybridized carbons (Fsp3) is 0.312. The van der Waals surface area contributed by atoms with Crippen LogP contribution in [0.1, 0.15) is 29.3 Å². The Labute approximate surface area is 128 Å².